The number of nitrogens with zero attached hydrogens (tertiary/aromatic N) is 3. The molecule has 2 aliphatic rings. The number of pyridine rings is 1. The van der Waals surface area contributed by atoms with Gasteiger partial charge in [0.2, 0.25) is 0 Å². The lowest BCUT2D eigenvalue weighted by Gasteiger charge is -2.43. The second-order valence-electron chi connectivity index (χ2n) is 12.1. The zero-order valence-electron chi connectivity index (χ0n) is 25.1. The van der Waals surface area contributed by atoms with E-state index in [1.807, 2.05) is 36.9 Å². The lowest BCUT2D eigenvalue weighted by molar-refractivity contribution is -0.150. The molecule has 0 spiro atoms. The van der Waals surface area contributed by atoms with E-state index < -0.39 is 12.0 Å². The minimum absolute atomic E-state index is 0.0873. The Bertz CT molecular complexity index is 1170. The lowest BCUT2D eigenvalue weighted by atomic mass is 9.90. The molecule has 2 aromatic rings. The number of carbonyl (C=O) groups is 1. The Balaban J connectivity index is 1.25. The van der Waals surface area contributed by atoms with E-state index >= 15 is 0 Å². The summed E-state index contributed by atoms with van der Waals surface area (Å²) in [6.07, 6.45) is 7.59. The third kappa shape index (κ3) is 7.91. The summed E-state index contributed by atoms with van der Waals surface area (Å²) in [5.74, 6) is 0.817. The number of unbranched alkanes of at least 4 members (excludes halogenated alkanes) is 2. The maximum atomic E-state index is 12.5. The van der Waals surface area contributed by atoms with Gasteiger partial charge in [-0.2, -0.15) is 0 Å². The van der Waals surface area contributed by atoms with Gasteiger partial charge >= 0.3 is 5.97 Å². The van der Waals surface area contributed by atoms with Crippen molar-refractivity contribution >= 4 is 17.5 Å². The molecule has 1 aromatic heterocycles. The van der Waals surface area contributed by atoms with Crippen LogP contribution in [0.1, 0.15) is 93.8 Å². The van der Waals surface area contributed by atoms with Crippen molar-refractivity contribution in [2.75, 3.05) is 31.6 Å². The average molecular weight is 549 g/mol. The van der Waals surface area contributed by atoms with Gasteiger partial charge in [0.1, 0.15) is 11.9 Å². The second kappa shape index (κ2) is 14.2. The molecule has 40 heavy (non-hydrogen) atoms. The van der Waals surface area contributed by atoms with Crippen molar-refractivity contribution in [1.29, 1.82) is 0 Å². The fourth-order valence-corrected chi connectivity index (χ4v) is 6.16. The smallest absolute Gasteiger partial charge is 0.325 e. The van der Waals surface area contributed by atoms with Gasteiger partial charge in [-0.15, -0.1) is 0 Å². The van der Waals surface area contributed by atoms with Crippen LogP contribution in [0.15, 0.2) is 35.3 Å². The molecule has 1 unspecified atom stereocenters. The minimum atomic E-state index is -0.820. The largest absolute Gasteiger partial charge is 0.480 e. The number of aliphatic imine (C=N–C) groups is 1. The van der Waals surface area contributed by atoms with Crippen molar-refractivity contribution in [2.24, 2.45) is 10.9 Å². The fraction of sp³-hybridized carbons (Fsp3) is 0.606. The molecule has 0 saturated carbocycles. The molecule has 7 nitrogen and oxygen atoms in total. The van der Waals surface area contributed by atoms with Crippen molar-refractivity contribution in [3.05, 3.63) is 58.3 Å². The van der Waals surface area contributed by atoms with E-state index in [0.29, 0.717) is 25.6 Å². The van der Waals surface area contributed by atoms with E-state index in [0.717, 1.165) is 79.0 Å². The number of carboxylic acids is 1. The molecule has 0 aliphatic carbocycles. The van der Waals surface area contributed by atoms with Crippen LogP contribution >= 0.6 is 0 Å². The molecule has 1 aromatic carbocycles. The molecule has 0 radical (unpaired) electrons. The Morgan fingerprint density at radius 3 is 2.73 bits per heavy atom. The zero-order valence-corrected chi connectivity index (χ0v) is 25.1. The third-order valence-electron chi connectivity index (χ3n) is 8.05. The normalized spacial score (nSPS) is 17.7. The van der Waals surface area contributed by atoms with Gasteiger partial charge in [-0.3, -0.25) is 14.7 Å². The molecule has 2 N–H and O–H groups in total. The molecule has 2 atom stereocenters. The van der Waals surface area contributed by atoms with Gasteiger partial charge in [0.25, 0.3) is 0 Å². The van der Waals surface area contributed by atoms with Crippen LogP contribution < -0.4 is 5.32 Å². The number of anilines is 1. The van der Waals surface area contributed by atoms with Gasteiger partial charge in [-0.05, 0) is 88.0 Å². The summed E-state index contributed by atoms with van der Waals surface area (Å²) in [5, 5.41) is 13.7. The average Bonchev–Trinajstić information content (AvgIpc) is 2.87. The second-order valence-corrected chi connectivity index (χ2v) is 12.1. The SMILES string of the molecule is CC(=N[C@H](C)CC(C)C)c1c(C)cccc1C(C(=O)O)N1CC(OCCCCCc2ccc3c(n2)NCCC3)C1. The highest BCUT2D eigenvalue weighted by Crippen LogP contribution is 2.32. The van der Waals surface area contributed by atoms with Gasteiger partial charge in [-0.1, -0.05) is 44.5 Å². The van der Waals surface area contributed by atoms with Gasteiger partial charge in [0.15, 0.2) is 0 Å². The van der Waals surface area contributed by atoms with Crippen LogP contribution in [-0.4, -0.2) is 65.1 Å². The molecular formula is C33H48N4O3. The molecule has 0 bridgehead atoms. The van der Waals surface area contributed by atoms with Crippen LogP contribution in [0.5, 0.6) is 0 Å². The number of hydrogen-bond donors (Lipinski definition) is 2. The highest BCUT2D eigenvalue weighted by Gasteiger charge is 2.39. The maximum absolute atomic E-state index is 12.5. The van der Waals surface area contributed by atoms with E-state index in [9.17, 15) is 9.90 Å². The number of likely N-dealkylation sites (tertiary alicyclic amines) is 1. The summed E-state index contributed by atoms with van der Waals surface area (Å²) in [4.78, 5) is 24.2. The predicted molar refractivity (Wildman–Crippen MR) is 163 cm³/mol. The van der Waals surface area contributed by atoms with E-state index in [1.54, 1.807) is 0 Å². The number of benzene rings is 1. The third-order valence-corrected chi connectivity index (χ3v) is 8.05. The minimum Gasteiger partial charge on any atom is -0.480 e. The predicted octanol–water partition coefficient (Wildman–Crippen LogP) is 6.23. The zero-order chi connectivity index (χ0) is 28.6. The van der Waals surface area contributed by atoms with Gasteiger partial charge in [-0.25, -0.2) is 4.98 Å². The molecule has 1 saturated heterocycles. The Morgan fingerprint density at radius 2 is 1.98 bits per heavy atom. The summed E-state index contributed by atoms with van der Waals surface area (Å²) in [7, 11) is 0. The number of carboxylic acid groups (broad SMARTS) is 1. The number of hydrogen-bond acceptors (Lipinski definition) is 6. The first-order valence-corrected chi connectivity index (χ1v) is 15.2. The number of aryl methyl sites for hydroxylation is 3. The van der Waals surface area contributed by atoms with Crippen molar-refractivity contribution < 1.29 is 14.6 Å². The number of nitrogens with one attached hydrogen (secondary N) is 1. The molecule has 4 rings (SSSR count). The number of fused-ring (bicyclic) bond motifs is 1. The first-order chi connectivity index (χ1) is 19.2. The van der Waals surface area contributed by atoms with Crippen LogP contribution in [0.4, 0.5) is 5.82 Å². The van der Waals surface area contributed by atoms with E-state index in [1.165, 1.54) is 12.0 Å². The van der Waals surface area contributed by atoms with Crippen LogP contribution in [0, 0.1) is 12.8 Å². The summed E-state index contributed by atoms with van der Waals surface area (Å²) >= 11 is 0. The highest BCUT2D eigenvalue weighted by molar-refractivity contribution is 6.02. The van der Waals surface area contributed by atoms with E-state index in [2.05, 4.69) is 38.2 Å². The summed E-state index contributed by atoms with van der Waals surface area (Å²) in [5.41, 5.74) is 6.28. The number of rotatable bonds is 14. The van der Waals surface area contributed by atoms with Crippen LogP contribution in [-0.2, 0) is 22.4 Å². The molecular weight excluding hydrogens is 500 g/mol. The van der Waals surface area contributed by atoms with Gasteiger partial charge in [0, 0.05) is 49.3 Å². The Kier molecular flexibility index (Phi) is 10.7. The number of aromatic nitrogens is 1. The number of aliphatic carboxylic acids is 1. The van der Waals surface area contributed by atoms with Crippen LogP contribution in [0.25, 0.3) is 0 Å². The quantitative estimate of drug-likeness (QED) is 0.215. The summed E-state index contributed by atoms with van der Waals surface area (Å²) < 4.78 is 6.11. The van der Waals surface area contributed by atoms with E-state index in [4.69, 9.17) is 14.7 Å². The molecule has 0 amide bonds. The van der Waals surface area contributed by atoms with Gasteiger partial charge in [0.05, 0.1) is 6.10 Å². The number of ether oxygens (including phenoxy) is 1. The molecule has 3 heterocycles. The highest BCUT2D eigenvalue weighted by atomic mass is 16.5. The maximum Gasteiger partial charge on any atom is 0.325 e. The Labute approximate surface area is 240 Å². The lowest BCUT2D eigenvalue weighted by Crippen LogP contribution is -2.55. The Morgan fingerprint density at radius 1 is 1.18 bits per heavy atom. The topological polar surface area (TPSA) is 87.0 Å². The Hall–Kier alpha value is -2.77. The molecule has 7 heteroatoms. The van der Waals surface area contributed by atoms with Crippen molar-refractivity contribution in [1.82, 2.24) is 9.88 Å². The molecule has 1 fully saturated rings. The van der Waals surface area contributed by atoms with Crippen LogP contribution in [0.3, 0.4) is 0 Å². The monoisotopic (exact) mass is 548 g/mol. The molecule has 218 valence electrons. The van der Waals surface area contributed by atoms with Gasteiger partial charge < -0.3 is 15.2 Å². The summed E-state index contributed by atoms with van der Waals surface area (Å²) in [6, 6.07) is 9.85. The van der Waals surface area contributed by atoms with Crippen molar-refractivity contribution in [3.63, 3.8) is 0 Å². The van der Waals surface area contributed by atoms with Crippen molar-refractivity contribution in [3.8, 4) is 0 Å². The summed E-state index contributed by atoms with van der Waals surface area (Å²) in [6.45, 7) is 13.6. The fourth-order valence-electron chi connectivity index (χ4n) is 6.16. The standard InChI is InChI=1S/C33H48N4O3/c1-22(2)19-24(4)35-25(5)30-23(3)11-9-14-29(30)31(33(38)39)37-20-28(21-37)40-18-8-6-7-13-27-16-15-26-12-10-17-34-32(26)36-27/h9,11,14-16,22,24,28,31H,6-8,10,12-13,17-21H2,1-5H3,(H,34,36)(H,38,39)/t24-,31?/m1/s1. The first-order valence-electron chi connectivity index (χ1n) is 15.2. The van der Waals surface area contributed by atoms with Crippen molar-refractivity contribution in [2.45, 2.75) is 97.8 Å². The van der Waals surface area contributed by atoms with Crippen LogP contribution in [0.2, 0.25) is 0 Å². The van der Waals surface area contributed by atoms with E-state index in [-0.39, 0.29) is 12.1 Å². The molecule has 2 aliphatic heterocycles. The first kappa shape index (κ1) is 30.2.